The molecule has 0 unspecified atom stereocenters. The zero-order valence-electron chi connectivity index (χ0n) is 11.0. The predicted octanol–water partition coefficient (Wildman–Crippen LogP) is 3.61. The molecule has 0 saturated heterocycles. The first-order valence-corrected chi connectivity index (χ1v) is 7.00. The smallest absolute Gasteiger partial charge is 0.345 e. The Morgan fingerprint density at radius 2 is 1.95 bits per heavy atom. The van der Waals surface area contributed by atoms with Gasteiger partial charge in [0.05, 0.1) is 0 Å². The predicted molar refractivity (Wildman–Crippen MR) is 77.7 cm³/mol. The van der Waals surface area contributed by atoms with Crippen LogP contribution in [0.4, 0.5) is 0 Å². The fourth-order valence-corrected chi connectivity index (χ4v) is 2.61. The van der Waals surface area contributed by atoms with E-state index in [2.05, 4.69) is 43.4 Å². The molecule has 2 aromatic rings. The second kappa shape index (κ2) is 5.99. The number of carbonyl (C=O) groups is 1. The minimum absolute atomic E-state index is 0.246. The van der Waals surface area contributed by atoms with Gasteiger partial charge in [-0.3, -0.25) is 0 Å². The van der Waals surface area contributed by atoms with Crippen molar-refractivity contribution in [3.63, 3.8) is 0 Å². The molecule has 2 N–H and O–H groups in total. The Morgan fingerprint density at radius 1 is 1.26 bits per heavy atom. The Balaban J connectivity index is 1.94. The Hall–Kier alpha value is -1.65. The van der Waals surface area contributed by atoms with Gasteiger partial charge >= 0.3 is 5.97 Å². The summed E-state index contributed by atoms with van der Waals surface area (Å²) in [5.74, 6) is -0.858. The maximum absolute atomic E-state index is 10.8. The summed E-state index contributed by atoms with van der Waals surface area (Å²) in [6.07, 6.45) is 0. The van der Waals surface area contributed by atoms with E-state index in [-0.39, 0.29) is 6.04 Å². The SMILES string of the molecule is Cc1ccc([C@H](C)NCc2ccc(C(=O)O)s2)cc1. The van der Waals surface area contributed by atoms with Crippen molar-refractivity contribution >= 4 is 17.3 Å². The van der Waals surface area contributed by atoms with Crippen LogP contribution in [0.5, 0.6) is 0 Å². The molecule has 19 heavy (non-hydrogen) atoms. The molecule has 1 aromatic heterocycles. The maximum Gasteiger partial charge on any atom is 0.345 e. The van der Waals surface area contributed by atoms with Crippen LogP contribution in [0.1, 0.15) is 38.6 Å². The number of hydrogen-bond donors (Lipinski definition) is 2. The molecular formula is C15H17NO2S. The topological polar surface area (TPSA) is 49.3 Å². The summed E-state index contributed by atoms with van der Waals surface area (Å²) in [5, 5.41) is 12.3. The van der Waals surface area contributed by atoms with Crippen LogP contribution >= 0.6 is 11.3 Å². The molecule has 0 amide bonds. The van der Waals surface area contributed by atoms with Gasteiger partial charge in [-0.1, -0.05) is 29.8 Å². The normalized spacial score (nSPS) is 12.3. The van der Waals surface area contributed by atoms with Crippen molar-refractivity contribution in [2.24, 2.45) is 0 Å². The zero-order valence-corrected chi connectivity index (χ0v) is 11.8. The van der Waals surface area contributed by atoms with E-state index < -0.39 is 5.97 Å². The molecule has 1 heterocycles. The van der Waals surface area contributed by atoms with Gasteiger partial charge < -0.3 is 10.4 Å². The zero-order chi connectivity index (χ0) is 13.8. The molecule has 0 aliphatic rings. The largest absolute Gasteiger partial charge is 0.477 e. The summed E-state index contributed by atoms with van der Waals surface area (Å²) >= 11 is 1.32. The summed E-state index contributed by atoms with van der Waals surface area (Å²) in [7, 11) is 0. The van der Waals surface area contributed by atoms with Crippen molar-refractivity contribution < 1.29 is 9.90 Å². The number of thiophene rings is 1. The van der Waals surface area contributed by atoms with E-state index in [1.54, 1.807) is 6.07 Å². The van der Waals surface area contributed by atoms with Crippen LogP contribution in [-0.2, 0) is 6.54 Å². The Kier molecular flexibility index (Phi) is 4.35. The molecule has 0 spiro atoms. The van der Waals surface area contributed by atoms with E-state index in [1.165, 1.54) is 22.5 Å². The third kappa shape index (κ3) is 3.66. The number of carboxylic acids is 1. The molecule has 1 aromatic carbocycles. The van der Waals surface area contributed by atoms with Gasteiger partial charge in [0, 0.05) is 17.5 Å². The van der Waals surface area contributed by atoms with Crippen molar-refractivity contribution in [1.82, 2.24) is 5.32 Å². The number of nitrogens with one attached hydrogen (secondary N) is 1. The first-order chi connectivity index (χ1) is 9.06. The molecule has 4 heteroatoms. The van der Waals surface area contributed by atoms with E-state index in [0.29, 0.717) is 11.4 Å². The van der Waals surface area contributed by atoms with E-state index in [4.69, 9.17) is 5.11 Å². The highest BCUT2D eigenvalue weighted by molar-refractivity contribution is 7.13. The molecule has 1 atom stereocenters. The Morgan fingerprint density at radius 3 is 2.53 bits per heavy atom. The van der Waals surface area contributed by atoms with Crippen LogP contribution < -0.4 is 5.32 Å². The molecule has 0 aliphatic carbocycles. The molecule has 2 rings (SSSR count). The molecule has 0 bridgehead atoms. The van der Waals surface area contributed by atoms with Gasteiger partial charge in [-0.2, -0.15) is 0 Å². The number of aromatic carboxylic acids is 1. The van der Waals surface area contributed by atoms with Crippen molar-refractivity contribution in [3.8, 4) is 0 Å². The van der Waals surface area contributed by atoms with Gasteiger partial charge in [-0.05, 0) is 31.5 Å². The van der Waals surface area contributed by atoms with Crippen molar-refractivity contribution in [2.45, 2.75) is 26.4 Å². The molecule has 0 saturated carbocycles. The molecule has 0 radical (unpaired) electrons. The van der Waals surface area contributed by atoms with Gasteiger partial charge in [0.1, 0.15) is 4.88 Å². The monoisotopic (exact) mass is 275 g/mol. The lowest BCUT2D eigenvalue weighted by Gasteiger charge is -2.13. The molecule has 0 fully saturated rings. The average Bonchev–Trinajstić information content (AvgIpc) is 2.86. The second-order valence-electron chi connectivity index (χ2n) is 4.58. The van der Waals surface area contributed by atoms with E-state index >= 15 is 0 Å². The highest BCUT2D eigenvalue weighted by atomic mass is 32.1. The number of benzene rings is 1. The van der Waals surface area contributed by atoms with Crippen LogP contribution in [0.25, 0.3) is 0 Å². The molecular weight excluding hydrogens is 258 g/mol. The van der Waals surface area contributed by atoms with Gasteiger partial charge in [-0.15, -0.1) is 11.3 Å². The van der Waals surface area contributed by atoms with Gasteiger partial charge in [0.25, 0.3) is 0 Å². The molecule has 0 aliphatic heterocycles. The van der Waals surface area contributed by atoms with E-state index in [0.717, 1.165) is 4.88 Å². The lowest BCUT2D eigenvalue weighted by molar-refractivity contribution is 0.0702. The third-order valence-electron chi connectivity index (χ3n) is 3.03. The minimum Gasteiger partial charge on any atom is -0.477 e. The lowest BCUT2D eigenvalue weighted by Crippen LogP contribution is -2.17. The minimum atomic E-state index is -0.858. The van der Waals surface area contributed by atoms with Gasteiger partial charge in [-0.25, -0.2) is 4.79 Å². The maximum atomic E-state index is 10.8. The number of rotatable bonds is 5. The quantitative estimate of drug-likeness (QED) is 0.876. The highest BCUT2D eigenvalue weighted by Gasteiger charge is 2.08. The number of carboxylic acid groups (broad SMARTS) is 1. The Bertz CT molecular complexity index is 560. The van der Waals surface area contributed by atoms with Gasteiger partial charge in [0.15, 0.2) is 0 Å². The standard InChI is InChI=1S/C15H17NO2S/c1-10-3-5-12(6-4-10)11(2)16-9-13-7-8-14(19-13)15(17)18/h3-8,11,16H,9H2,1-2H3,(H,17,18)/t11-/m0/s1. The van der Waals surface area contributed by atoms with Crippen molar-refractivity contribution in [2.75, 3.05) is 0 Å². The van der Waals surface area contributed by atoms with Crippen LogP contribution in [0.15, 0.2) is 36.4 Å². The number of aryl methyl sites for hydroxylation is 1. The second-order valence-corrected chi connectivity index (χ2v) is 5.75. The Labute approximate surface area is 116 Å². The van der Waals surface area contributed by atoms with Crippen molar-refractivity contribution in [1.29, 1.82) is 0 Å². The van der Waals surface area contributed by atoms with Gasteiger partial charge in [0.2, 0.25) is 0 Å². The summed E-state index contributed by atoms with van der Waals surface area (Å²) in [6.45, 7) is 4.87. The summed E-state index contributed by atoms with van der Waals surface area (Å²) in [6, 6.07) is 12.2. The van der Waals surface area contributed by atoms with E-state index in [1.807, 2.05) is 6.07 Å². The number of hydrogen-bond acceptors (Lipinski definition) is 3. The first kappa shape index (κ1) is 13.8. The third-order valence-corrected chi connectivity index (χ3v) is 4.11. The lowest BCUT2D eigenvalue weighted by atomic mass is 10.1. The fraction of sp³-hybridized carbons (Fsp3) is 0.267. The molecule has 3 nitrogen and oxygen atoms in total. The van der Waals surface area contributed by atoms with Crippen LogP contribution in [0, 0.1) is 6.92 Å². The van der Waals surface area contributed by atoms with Crippen LogP contribution in [0.2, 0.25) is 0 Å². The van der Waals surface area contributed by atoms with Crippen molar-refractivity contribution in [3.05, 3.63) is 57.3 Å². The highest BCUT2D eigenvalue weighted by Crippen LogP contribution is 2.18. The first-order valence-electron chi connectivity index (χ1n) is 6.18. The molecule has 100 valence electrons. The average molecular weight is 275 g/mol. The van der Waals surface area contributed by atoms with Crippen LogP contribution in [0.3, 0.4) is 0 Å². The van der Waals surface area contributed by atoms with Crippen LogP contribution in [-0.4, -0.2) is 11.1 Å². The fourth-order valence-electron chi connectivity index (χ4n) is 1.81. The summed E-state index contributed by atoms with van der Waals surface area (Å²) < 4.78 is 0. The van der Waals surface area contributed by atoms with E-state index in [9.17, 15) is 4.79 Å². The summed E-state index contributed by atoms with van der Waals surface area (Å²) in [5.41, 5.74) is 2.49. The summed E-state index contributed by atoms with van der Waals surface area (Å²) in [4.78, 5) is 12.2.